The van der Waals surface area contributed by atoms with E-state index in [1.165, 1.54) is 22.7 Å². The van der Waals surface area contributed by atoms with Gasteiger partial charge in [-0.25, -0.2) is 0 Å². The zero-order valence-electron chi connectivity index (χ0n) is 14.2. The number of methoxy groups -OCH3 is 1. The Kier molecular flexibility index (Phi) is 4.75. The normalized spacial score (nSPS) is 11.8. The summed E-state index contributed by atoms with van der Waals surface area (Å²) in [6, 6.07) is 13.3. The molecule has 1 amide bonds. The van der Waals surface area contributed by atoms with Gasteiger partial charge in [0.05, 0.1) is 28.9 Å². The average molecular weight is 413 g/mol. The third-order valence-corrected chi connectivity index (χ3v) is 6.77. The van der Waals surface area contributed by atoms with Crippen LogP contribution in [-0.2, 0) is 6.54 Å². The number of rotatable bonds is 3. The van der Waals surface area contributed by atoms with Gasteiger partial charge in [0, 0.05) is 10.1 Å². The first-order valence-corrected chi connectivity index (χ1v) is 10.0. The second-order valence-electron chi connectivity index (χ2n) is 5.67. The number of fused-ring (bicyclic) bond motifs is 2. The Hall–Kier alpha value is -2.59. The third-order valence-electron chi connectivity index (χ3n) is 4.07. The quantitative estimate of drug-likeness (QED) is 0.446. The lowest BCUT2D eigenvalue weighted by atomic mass is 10.2. The maximum Gasteiger partial charge on any atom is 0.291 e. The average Bonchev–Trinajstić information content (AvgIpc) is 3.20. The maximum atomic E-state index is 12.8. The first-order valence-electron chi connectivity index (χ1n) is 7.99. The number of hydrogen-bond acceptors (Lipinski definition) is 4. The first-order chi connectivity index (χ1) is 13.1. The van der Waals surface area contributed by atoms with Gasteiger partial charge in [0.2, 0.25) is 0 Å². The van der Waals surface area contributed by atoms with Crippen LogP contribution in [0.25, 0.3) is 20.3 Å². The minimum Gasteiger partial charge on any atom is -0.497 e. The minimum atomic E-state index is -0.370. The SMILES string of the molecule is C#CCn1c(=NC(=O)c2sc3ccccc3c2Cl)sc2cc(OC)ccc21. The van der Waals surface area contributed by atoms with Crippen LogP contribution >= 0.6 is 34.3 Å². The van der Waals surface area contributed by atoms with Gasteiger partial charge >= 0.3 is 0 Å². The van der Waals surface area contributed by atoms with E-state index in [0.29, 0.717) is 21.2 Å². The van der Waals surface area contributed by atoms with Gasteiger partial charge in [-0.15, -0.1) is 17.8 Å². The summed E-state index contributed by atoms with van der Waals surface area (Å²) in [5.74, 6) is 2.99. The Morgan fingerprint density at radius 2 is 2.07 bits per heavy atom. The van der Waals surface area contributed by atoms with E-state index in [1.807, 2.05) is 47.0 Å². The molecule has 0 atom stereocenters. The van der Waals surface area contributed by atoms with Crippen molar-refractivity contribution in [2.45, 2.75) is 6.54 Å². The van der Waals surface area contributed by atoms with Crippen LogP contribution in [0, 0.1) is 12.3 Å². The molecule has 7 heteroatoms. The van der Waals surface area contributed by atoms with Gasteiger partial charge in [-0.05, 0) is 24.3 Å². The van der Waals surface area contributed by atoms with E-state index >= 15 is 0 Å². The molecular weight excluding hydrogens is 400 g/mol. The van der Waals surface area contributed by atoms with Crippen LogP contribution < -0.4 is 9.54 Å². The number of thiophene rings is 1. The van der Waals surface area contributed by atoms with Crippen LogP contribution in [0.15, 0.2) is 47.5 Å². The molecule has 0 N–H and O–H groups in total. The molecule has 0 aliphatic rings. The van der Waals surface area contributed by atoms with Crippen LogP contribution in [-0.4, -0.2) is 17.6 Å². The van der Waals surface area contributed by atoms with Crippen molar-refractivity contribution in [3.05, 3.63) is 57.2 Å². The Bertz CT molecular complexity index is 1290. The van der Waals surface area contributed by atoms with Gasteiger partial charge in [0.1, 0.15) is 10.6 Å². The fraction of sp³-hybridized carbons (Fsp3) is 0.100. The predicted octanol–water partition coefficient (Wildman–Crippen LogP) is 4.95. The highest BCUT2D eigenvalue weighted by Gasteiger charge is 2.17. The summed E-state index contributed by atoms with van der Waals surface area (Å²) in [6.45, 7) is 0.318. The number of aromatic nitrogens is 1. The van der Waals surface area contributed by atoms with E-state index in [4.69, 9.17) is 22.8 Å². The van der Waals surface area contributed by atoms with Crippen LogP contribution in [0.5, 0.6) is 5.75 Å². The number of halogens is 1. The molecule has 27 heavy (non-hydrogen) atoms. The molecule has 0 saturated heterocycles. The molecule has 4 nitrogen and oxygen atoms in total. The van der Waals surface area contributed by atoms with Crippen LogP contribution in [0.4, 0.5) is 0 Å². The number of carbonyl (C=O) groups is 1. The number of nitrogens with zero attached hydrogens (tertiary/aromatic N) is 2. The number of benzene rings is 2. The van der Waals surface area contributed by atoms with E-state index in [0.717, 1.165) is 26.1 Å². The number of terminal acetylenes is 1. The van der Waals surface area contributed by atoms with Crippen molar-refractivity contribution in [3.8, 4) is 18.1 Å². The highest BCUT2D eigenvalue weighted by atomic mass is 35.5. The second kappa shape index (κ2) is 7.20. The third kappa shape index (κ3) is 3.15. The lowest BCUT2D eigenvalue weighted by Crippen LogP contribution is -2.16. The topological polar surface area (TPSA) is 43.6 Å². The fourth-order valence-electron chi connectivity index (χ4n) is 2.80. The molecule has 2 heterocycles. The zero-order chi connectivity index (χ0) is 19.0. The number of hydrogen-bond donors (Lipinski definition) is 0. The van der Waals surface area contributed by atoms with Crippen molar-refractivity contribution in [2.24, 2.45) is 4.99 Å². The highest BCUT2D eigenvalue weighted by molar-refractivity contribution is 7.21. The van der Waals surface area contributed by atoms with Crippen LogP contribution in [0.1, 0.15) is 9.67 Å². The van der Waals surface area contributed by atoms with Gasteiger partial charge in [-0.3, -0.25) is 4.79 Å². The van der Waals surface area contributed by atoms with Gasteiger partial charge in [-0.1, -0.05) is 47.1 Å². The molecule has 4 aromatic rings. The van der Waals surface area contributed by atoms with Crippen molar-refractivity contribution in [1.82, 2.24) is 4.57 Å². The number of amides is 1. The summed E-state index contributed by atoms with van der Waals surface area (Å²) >= 11 is 9.15. The summed E-state index contributed by atoms with van der Waals surface area (Å²) < 4.78 is 9.02. The van der Waals surface area contributed by atoms with Crippen LogP contribution in [0.3, 0.4) is 0 Å². The standard InChI is InChI=1S/C20H13ClN2O2S2/c1-3-10-23-14-9-8-12(25-2)11-16(14)27-20(23)22-19(24)18-17(21)13-6-4-5-7-15(13)26-18/h1,4-9,11H,10H2,2H3. The molecule has 0 radical (unpaired) electrons. The molecule has 0 saturated carbocycles. The zero-order valence-corrected chi connectivity index (χ0v) is 16.6. The fourth-order valence-corrected chi connectivity index (χ4v) is 5.25. The van der Waals surface area contributed by atoms with Crippen molar-refractivity contribution in [2.75, 3.05) is 7.11 Å². The Labute approximate surface area is 168 Å². The van der Waals surface area contributed by atoms with E-state index in [2.05, 4.69) is 10.9 Å². The first kappa shape index (κ1) is 17.8. The van der Waals surface area contributed by atoms with E-state index in [-0.39, 0.29) is 5.91 Å². The summed E-state index contributed by atoms with van der Waals surface area (Å²) in [5, 5.41) is 1.30. The lowest BCUT2D eigenvalue weighted by molar-refractivity contribution is 0.100. The molecule has 0 fully saturated rings. The smallest absolute Gasteiger partial charge is 0.291 e. The van der Waals surface area contributed by atoms with Gasteiger partial charge in [0.15, 0.2) is 4.80 Å². The monoisotopic (exact) mass is 412 g/mol. The highest BCUT2D eigenvalue weighted by Crippen LogP contribution is 2.35. The van der Waals surface area contributed by atoms with Crippen LogP contribution in [0.2, 0.25) is 5.02 Å². The number of thiazole rings is 1. The molecule has 2 aromatic carbocycles. The number of ether oxygens (including phenoxy) is 1. The second-order valence-corrected chi connectivity index (χ2v) is 8.11. The minimum absolute atomic E-state index is 0.318. The Balaban J connectivity index is 1.88. The molecule has 0 unspecified atom stereocenters. The molecule has 134 valence electrons. The van der Waals surface area contributed by atoms with E-state index in [9.17, 15) is 4.79 Å². The van der Waals surface area contributed by atoms with Crippen molar-refractivity contribution in [1.29, 1.82) is 0 Å². The molecule has 0 spiro atoms. The van der Waals surface area contributed by atoms with Gasteiger partial charge in [-0.2, -0.15) is 4.99 Å². The summed E-state index contributed by atoms with van der Waals surface area (Å²) in [4.78, 5) is 18.1. The van der Waals surface area contributed by atoms with E-state index in [1.54, 1.807) is 7.11 Å². The molecule has 0 bridgehead atoms. The largest absolute Gasteiger partial charge is 0.497 e. The Morgan fingerprint density at radius 1 is 1.26 bits per heavy atom. The maximum absolute atomic E-state index is 12.8. The molecule has 2 aromatic heterocycles. The van der Waals surface area contributed by atoms with Crippen molar-refractivity contribution >= 4 is 60.5 Å². The summed E-state index contributed by atoms with van der Waals surface area (Å²) in [5.41, 5.74) is 0.910. The number of carbonyl (C=O) groups excluding carboxylic acids is 1. The van der Waals surface area contributed by atoms with E-state index < -0.39 is 0 Å². The Morgan fingerprint density at radius 3 is 2.81 bits per heavy atom. The summed E-state index contributed by atoms with van der Waals surface area (Å²) in [6.07, 6.45) is 5.52. The molecule has 4 rings (SSSR count). The summed E-state index contributed by atoms with van der Waals surface area (Å²) in [7, 11) is 1.61. The van der Waals surface area contributed by atoms with Gasteiger partial charge < -0.3 is 9.30 Å². The molecule has 0 aliphatic carbocycles. The molecule has 0 aliphatic heterocycles. The predicted molar refractivity (Wildman–Crippen MR) is 112 cm³/mol. The van der Waals surface area contributed by atoms with Crippen molar-refractivity contribution in [3.63, 3.8) is 0 Å². The lowest BCUT2D eigenvalue weighted by Gasteiger charge is -2.01. The van der Waals surface area contributed by atoms with Gasteiger partial charge in [0.25, 0.3) is 5.91 Å². The molecular formula is C20H13ClN2O2S2. The van der Waals surface area contributed by atoms with Crippen molar-refractivity contribution < 1.29 is 9.53 Å².